The Bertz CT molecular complexity index is 1150. The van der Waals surface area contributed by atoms with Crippen molar-refractivity contribution >= 4 is 40.8 Å². The molecule has 3 rings (SSSR count). The first-order valence-electron chi connectivity index (χ1n) is 12.4. The summed E-state index contributed by atoms with van der Waals surface area (Å²) in [6.45, 7) is 5.79. The number of likely N-dealkylation sites (tertiary alicyclic amines) is 1. The van der Waals surface area contributed by atoms with Gasteiger partial charge in [0.05, 0.1) is 37.6 Å². The Hall–Kier alpha value is -3.32. The van der Waals surface area contributed by atoms with Crippen molar-refractivity contribution in [1.82, 2.24) is 14.8 Å². The lowest BCUT2D eigenvalue weighted by Gasteiger charge is -2.41. The molecule has 1 aromatic rings. The van der Waals surface area contributed by atoms with Gasteiger partial charge in [0.25, 0.3) is 0 Å². The molecule has 1 saturated heterocycles. The van der Waals surface area contributed by atoms with Gasteiger partial charge in [0.1, 0.15) is 12.7 Å². The molecule has 1 aromatic carbocycles. The van der Waals surface area contributed by atoms with Crippen molar-refractivity contribution in [3.8, 4) is 6.19 Å². The number of benzene rings is 1. The van der Waals surface area contributed by atoms with Crippen LogP contribution >= 0.6 is 23.2 Å². The molecule has 0 radical (unpaired) electrons. The van der Waals surface area contributed by atoms with Crippen molar-refractivity contribution in [1.29, 1.82) is 5.26 Å². The van der Waals surface area contributed by atoms with Gasteiger partial charge in [-0.3, -0.25) is 4.79 Å². The molecule has 0 aromatic heterocycles. The van der Waals surface area contributed by atoms with Crippen molar-refractivity contribution in [2.75, 3.05) is 39.9 Å². The standard InChI is InChI=1S/C27H32Cl2N6O3/c1-4-6-8-21(28)9-7-14-38-23-15-33(16-23)27(31-19-30)35-17-24(34(5-2)25(36)18-37-3)26(32-35)20-10-12-22(29)13-11-20/h6-14,23-24H,4-5,15-18H2,1-3H3/b8-6-,14-7+,21-9+,31-27?. The van der Waals surface area contributed by atoms with Gasteiger partial charge in [0.2, 0.25) is 18.1 Å². The molecule has 1 fully saturated rings. The molecule has 2 heterocycles. The third-order valence-electron chi connectivity index (χ3n) is 5.96. The number of nitrogens with zero attached hydrogens (tertiary/aromatic N) is 6. The van der Waals surface area contributed by atoms with E-state index in [0.29, 0.717) is 47.9 Å². The van der Waals surface area contributed by atoms with Crippen LogP contribution in [-0.4, -0.2) is 84.4 Å². The molecular formula is C27H32Cl2N6O3. The van der Waals surface area contributed by atoms with Gasteiger partial charge in [-0.25, -0.2) is 5.01 Å². The summed E-state index contributed by atoms with van der Waals surface area (Å²) in [5, 5.41) is 17.1. The van der Waals surface area contributed by atoms with Crippen LogP contribution in [0.4, 0.5) is 0 Å². The number of aliphatic imine (C=N–C) groups is 1. The highest BCUT2D eigenvalue weighted by Gasteiger charge is 2.40. The topological polar surface area (TPSA) is 93.8 Å². The first kappa shape index (κ1) is 29.2. The van der Waals surface area contributed by atoms with Crippen LogP contribution < -0.4 is 0 Å². The first-order valence-corrected chi connectivity index (χ1v) is 13.1. The lowest BCUT2D eigenvalue weighted by Crippen LogP contribution is -2.58. The Labute approximate surface area is 233 Å². The van der Waals surface area contributed by atoms with Gasteiger partial charge in [-0.15, -0.1) is 4.99 Å². The number of ether oxygens (including phenoxy) is 2. The molecule has 2 aliphatic heterocycles. The highest BCUT2D eigenvalue weighted by Crippen LogP contribution is 2.24. The van der Waals surface area contributed by atoms with E-state index in [-0.39, 0.29) is 24.7 Å². The number of nitriles is 1. The number of hydrogen-bond donors (Lipinski definition) is 0. The third-order valence-corrected chi connectivity index (χ3v) is 6.47. The second-order valence-electron chi connectivity index (χ2n) is 8.57. The van der Waals surface area contributed by atoms with Crippen LogP contribution in [0.1, 0.15) is 25.8 Å². The normalized spacial score (nSPS) is 18.6. The molecule has 1 amide bonds. The maximum atomic E-state index is 12.8. The maximum Gasteiger partial charge on any atom is 0.249 e. The molecule has 38 heavy (non-hydrogen) atoms. The Balaban J connectivity index is 1.74. The fourth-order valence-corrected chi connectivity index (χ4v) is 4.39. The van der Waals surface area contributed by atoms with Crippen LogP contribution in [-0.2, 0) is 14.3 Å². The van der Waals surface area contributed by atoms with E-state index < -0.39 is 0 Å². The minimum atomic E-state index is -0.359. The fraction of sp³-hybridized carbons (Fsp3) is 0.407. The minimum Gasteiger partial charge on any atom is -0.494 e. The highest BCUT2D eigenvalue weighted by atomic mass is 35.5. The van der Waals surface area contributed by atoms with Gasteiger partial charge in [-0.05, 0) is 43.7 Å². The van der Waals surface area contributed by atoms with Crippen molar-refractivity contribution in [2.45, 2.75) is 32.4 Å². The van der Waals surface area contributed by atoms with Crippen LogP contribution in [0.3, 0.4) is 0 Å². The van der Waals surface area contributed by atoms with E-state index in [9.17, 15) is 10.1 Å². The number of amides is 1. The van der Waals surface area contributed by atoms with Gasteiger partial charge < -0.3 is 19.3 Å². The Morgan fingerprint density at radius 1 is 1.29 bits per heavy atom. The number of hydrazone groups is 1. The van der Waals surface area contributed by atoms with E-state index in [1.54, 1.807) is 40.5 Å². The number of rotatable bonds is 10. The van der Waals surface area contributed by atoms with Crippen molar-refractivity contribution in [3.63, 3.8) is 0 Å². The minimum absolute atomic E-state index is 0.0364. The van der Waals surface area contributed by atoms with Gasteiger partial charge in [0, 0.05) is 29.3 Å². The second-order valence-corrected chi connectivity index (χ2v) is 9.44. The number of carbonyl (C=O) groups is 1. The summed E-state index contributed by atoms with van der Waals surface area (Å²) in [5.74, 6) is 0.263. The molecule has 1 unspecified atom stereocenters. The molecule has 11 heteroatoms. The summed E-state index contributed by atoms with van der Waals surface area (Å²) in [5.41, 5.74) is 1.52. The number of guanidine groups is 1. The van der Waals surface area contributed by atoms with Crippen molar-refractivity contribution in [3.05, 3.63) is 70.5 Å². The number of allylic oxidation sites excluding steroid dienone is 5. The maximum absolute atomic E-state index is 12.8. The zero-order chi connectivity index (χ0) is 27.5. The Morgan fingerprint density at radius 3 is 2.66 bits per heavy atom. The zero-order valence-corrected chi connectivity index (χ0v) is 23.3. The molecular weight excluding hydrogens is 527 g/mol. The number of likely N-dealkylation sites (N-methyl/N-ethyl adjacent to an activating group) is 1. The van der Waals surface area contributed by atoms with Crippen LogP contribution in [0.2, 0.25) is 5.02 Å². The number of hydrogen-bond acceptors (Lipinski definition) is 6. The summed E-state index contributed by atoms with van der Waals surface area (Å²) in [6, 6.07) is 6.94. The Morgan fingerprint density at radius 2 is 2.03 bits per heavy atom. The van der Waals surface area contributed by atoms with Gasteiger partial charge in [-0.2, -0.15) is 10.4 Å². The molecule has 0 saturated carbocycles. The lowest BCUT2D eigenvalue weighted by atomic mass is 10.0. The predicted octanol–water partition coefficient (Wildman–Crippen LogP) is 4.36. The second kappa shape index (κ2) is 14.6. The predicted molar refractivity (Wildman–Crippen MR) is 150 cm³/mol. The van der Waals surface area contributed by atoms with Gasteiger partial charge >= 0.3 is 0 Å². The number of halogens is 2. The summed E-state index contributed by atoms with van der Waals surface area (Å²) >= 11 is 12.2. The molecule has 1 atom stereocenters. The largest absolute Gasteiger partial charge is 0.494 e. The summed E-state index contributed by atoms with van der Waals surface area (Å²) in [6.07, 6.45) is 11.7. The smallest absolute Gasteiger partial charge is 0.249 e. The van der Waals surface area contributed by atoms with Crippen LogP contribution in [0.25, 0.3) is 0 Å². The average molecular weight is 559 g/mol. The van der Waals surface area contributed by atoms with Gasteiger partial charge in [-0.1, -0.05) is 48.3 Å². The average Bonchev–Trinajstić information content (AvgIpc) is 3.31. The zero-order valence-electron chi connectivity index (χ0n) is 21.8. The molecule has 202 valence electrons. The van der Waals surface area contributed by atoms with Crippen molar-refractivity contribution < 1.29 is 14.3 Å². The van der Waals surface area contributed by atoms with Crippen molar-refractivity contribution in [2.24, 2.45) is 10.1 Å². The summed E-state index contributed by atoms with van der Waals surface area (Å²) in [7, 11) is 1.49. The number of methoxy groups -OCH3 is 1. The van der Waals surface area contributed by atoms with E-state index in [4.69, 9.17) is 37.8 Å². The molecule has 0 spiro atoms. The summed E-state index contributed by atoms with van der Waals surface area (Å²) < 4.78 is 10.9. The quantitative estimate of drug-likeness (QED) is 0.139. The summed E-state index contributed by atoms with van der Waals surface area (Å²) in [4.78, 5) is 20.5. The molecule has 9 nitrogen and oxygen atoms in total. The fourth-order valence-electron chi connectivity index (χ4n) is 4.11. The van der Waals surface area contributed by atoms with Crippen LogP contribution in [0, 0.1) is 11.5 Å². The molecule has 0 N–H and O–H groups in total. The monoisotopic (exact) mass is 558 g/mol. The Kier molecular flexibility index (Phi) is 11.2. The molecule has 0 bridgehead atoms. The molecule has 2 aliphatic rings. The third kappa shape index (κ3) is 7.60. The molecule has 0 aliphatic carbocycles. The van der Waals surface area contributed by atoms with E-state index >= 15 is 0 Å². The first-order chi connectivity index (χ1) is 18.4. The van der Waals surface area contributed by atoms with E-state index in [0.717, 1.165) is 12.0 Å². The van der Waals surface area contributed by atoms with E-state index in [1.165, 1.54) is 7.11 Å². The highest BCUT2D eigenvalue weighted by molar-refractivity contribution is 6.31. The van der Waals surface area contributed by atoms with Crippen LogP contribution in [0.5, 0.6) is 0 Å². The lowest BCUT2D eigenvalue weighted by molar-refractivity contribution is -0.136. The van der Waals surface area contributed by atoms with Crippen LogP contribution in [0.15, 0.2) is 70.0 Å². The van der Waals surface area contributed by atoms with E-state index in [2.05, 4.69) is 4.99 Å². The van der Waals surface area contributed by atoms with E-state index in [1.807, 2.05) is 49.2 Å². The number of carbonyl (C=O) groups excluding carboxylic acids is 1. The SMILES string of the molecule is CC\C=C/C(Cl)=C\C=C\OC1CN(C(=NC#N)N2CC(N(CC)C(=O)COC)C(c3ccc(Cl)cc3)=N2)C1. The van der Waals surface area contributed by atoms with Gasteiger partial charge in [0.15, 0.2) is 0 Å².